The Hall–Kier alpha value is -2.58. The molecular formula is C21H18BrNO5S. The number of ether oxygens (including phenoxy) is 1. The number of amides is 2. The van der Waals surface area contributed by atoms with Crippen LogP contribution in [0.2, 0.25) is 0 Å². The lowest BCUT2D eigenvalue weighted by Crippen LogP contribution is -2.34. The van der Waals surface area contributed by atoms with Crippen molar-refractivity contribution in [2.75, 3.05) is 0 Å². The fraction of sp³-hybridized carbons (Fsp3) is 0.190. The highest BCUT2D eigenvalue weighted by Gasteiger charge is 2.36. The summed E-state index contributed by atoms with van der Waals surface area (Å²) < 4.78 is 6.70. The van der Waals surface area contributed by atoms with Crippen LogP contribution in [-0.2, 0) is 11.4 Å². The van der Waals surface area contributed by atoms with Crippen LogP contribution >= 0.6 is 27.7 Å². The quantitative estimate of drug-likeness (QED) is 0.580. The smallest absolute Gasteiger partial charge is 0.335 e. The minimum atomic E-state index is -0.983. The summed E-state index contributed by atoms with van der Waals surface area (Å²) in [5.74, 6) is -0.750. The molecule has 0 aliphatic carbocycles. The standard InChI is InChI=1S/C21H18BrNO5S/c1-12(2)23-19(24)18(29-21(23)27)10-15-9-16(22)7-8-17(15)28-11-13-3-5-14(6-4-13)20(25)26/h3-10,12H,11H2,1-2H3,(H,25,26)/b18-10-. The van der Waals surface area contributed by atoms with Crippen molar-refractivity contribution in [3.8, 4) is 5.75 Å². The molecule has 1 saturated heterocycles. The molecule has 2 aromatic carbocycles. The first-order chi connectivity index (χ1) is 13.8. The Morgan fingerprint density at radius 3 is 2.48 bits per heavy atom. The van der Waals surface area contributed by atoms with Gasteiger partial charge < -0.3 is 9.84 Å². The van der Waals surface area contributed by atoms with Gasteiger partial charge in [0.05, 0.1) is 10.5 Å². The molecule has 2 aromatic rings. The highest BCUT2D eigenvalue weighted by atomic mass is 79.9. The Labute approximate surface area is 180 Å². The molecule has 1 aliphatic heterocycles. The molecule has 1 heterocycles. The first kappa shape index (κ1) is 21.1. The van der Waals surface area contributed by atoms with E-state index in [0.717, 1.165) is 21.8 Å². The van der Waals surface area contributed by atoms with Crippen LogP contribution in [0.25, 0.3) is 6.08 Å². The van der Waals surface area contributed by atoms with E-state index in [2.05, 4.69) is 15.9 Å². The van der Waals surface area contributed by atoms with Crippen molar-refractivity contribution in [1.29, 1.82) is 0 Å². The second-order valence-corrected chi connectivity index (χ2v) is 8.53. The fourth-order valence-electron chi connectivity index (χ4n) is 2.73. The lowest BCUT2D eigenvalue weighted by molar-refractivity contribution is -0.123. The van der Waals surface area contributed by atoms with E-state index in [0.29, 0.717) is 16.2 Å². The van der Waals surface area contributed by atoms with Gasteiger partial charge >= 0.3 is 5.97 Å². The number of halogens is 1. The van der Waals surface area contributed by atoms with Crippen LogP contribution in [0.4, 0.5) is 4.79 Å². The molecule has 29 heavy (non-hydrogen) atoms. The molecule has 0 spiro atoms. The lowest BCUT2D eigenvalue weighted by atomic mass is 10.1. The highest BCUT2D eigenvalue weighted by molar-refractivity contribution is 9.10. The van der Waals surface area contributed by atoms with Crippen LogP contribution in [0, 0.1) is 0 Å². The number of carboxylic acids is 1. The normalized spacial score (nSPS) is 15.4. The predicted octanol–water partition coefficient (Wildman–Crippen LogP) is 5.17. The molecule has 8 heteroatoms. The summed E-state index contributed by atoms with van der Waals surface area (Å²) in [6, 6.07) is 11.6. The maximum atomic E-state index is 12.5. The first-order valence-electron chi connectivity index (χ1n) is 8.78. The molecular weight excluding hydrogens is 458 g/mol. The summed E-state index contributed by atoms with van der Waals surface area (Å²) in [6.07, 6.45) is 1.65. The van der Waals surface area contributed by atoms with Gasteiger partial charge in [0.1, 0.15) is 12.4 Å². The van der Waals surface area contributed by atoms with Crippen LogP contribution in [0.5, 0.6) is 5.75 Å². The zero-order chi connectivity index (χ0) is 21.1. The molecule has 6 nitrogen and oxygen atoms in total. The van der Waals surface area contributed by atoms with E-state index in [1.165, 1.54) is 17.0 Å². The molecule has 3 rings (SSSR count). The number of carboxylic acid groups (broad SMARTS) is 1. The van der Waals surface area contributed by atoms with Gasteiger partial charge in [0.15, 0.2) is 0 Å². The van der Waals surface area contributed by atoms with Crippen LogP contribution in [0.15, 0.2) is 51.8 Å². The van der Waals surface area contributed by atoms with Crippen LogP contribution in [0.1, 0.15) is 35.3 Å². The summed E-state index contributed by atoms with van der Waals surface area (Å²) >= 11 is 4.33. The zero-order valence-corrected chi connectivity index (χ0v) is 18.1. The van der Waals surface area contributed by atoms with Gasteiger partial charge in [-0.3, -0.25) is 14.5 Å². The molecule has 1 fully saturated rings. The Morgan fingerprint density at radius 2 is 1.90 bits per heavy atom. The maximum absolute atomic E-state index is 12.5. The lowest BCUT2D eigenvalue weighted by Gasteiger charge is -2.16. The van der Waals surface area contributed by atoms with E-state index in [-0.39, 0.29) is 29.4 Å². The summed E-state index contributed by atoms with van der Waals surface area (Å²) in [5, 5.41) is 8.69. The zero-order valence-electron chi connectivity index (χ0n) is 15.7. The maximum Gasteiger partial charge on any atom is 0.335 e. The minimum absolute atomic E-state index is 0.207. The van der Waals surface area contributed by atoms with Crippen molar-refractivity contribution in [2.45, 2.75) is 26.5 Å². The third-order valence-corrected chi connectivity index (χ3v) is 5.57. The molecule has 0 unspecified atom stereocenters. The Kier molecular flexibility index (Phi) is 6.44. The average molecular weight is 476 g/mol. The van der Waals surface area contributed by atoms with E-state index >= 15 is 0 Å². The number of carbonyl (C=O) groups is 3. The van der Waals surface area contributed by atoms with Crippen molar-refractivity contribution >= 4 is 50.9 Å². The highest BCUT2D eigenvalue weighted by Crippen LogP contribution is 2.36. The summed E-state index contributed by atoms with van der Waals surface area (Å²) in [7, 11) is 0. The van der Waals surface area contributed by atoms with Gasteiger partial charge in [-0.25, -0.2) is 4.79 Å². The second kappa shape index (κ2) is 8.84. The topological polar surface area (TPSA) is 83.9 Å². The number of rotatable bonds is 6. The number of hydrogen-bond donors (Lipinski definition) is 1. The fourth-order valence-corrected chi connectivity index (χ4v) is 4.07. The van der Waals surface area contributed by atoms with E-state index in [1.54, 1.807) is 38.1 Å². The number of benzene rings is 2. The molecule has 0 bridgehead atoms. The predicted molar refractivity (Wildman–Crippen MR) is 115 cm³/mol. The van der Waals surface area contributed by atoms with Crippen molar-refractivity contribution in [1.82, 2.24) is 4.90 Å². The number of imide groups is 1. The molecule has 1 N–H and O–H groups in total. The van der Waals surface area contributed by atoms with Crippen LogP contribution in [0.3, 0.4) is 0 Å². The SMILES string of the molecule is CC(C)N1C(=O)S/C(=C\c2cc(Br)ccc2OCc2ccc(C(=O)O)cc2)C1=O. The number of thioether (sulfide) groups is 1. The Bertz CT molecular complexity index is 1000. The summed E-state index contributed by atoms with van der Waals surface area (Å²) in [6.45, 7) is 3.82. The Balaban J connectivity index is 1.82. The van der Waals surface area contributed by atoms with Gasteiger partial charge in [0.2, 0.25) is 0 Å². The van der Waals surface area contributed by atoms with Gasteiger partial charge in [-0.2, -0.15) is 0 Å². The average Bonchev–Trinajstić information content (AvgIpc) is 2.94. The second-order valence-electron chi connectivity index (χ2n) is 6.62. The van der Waals surface area contributed by atoms with Crippen molar-refractivity contribution in [3.63, 3.8) is 0 Å². The summed E-state index contributed by atoms with van der Waals surface area (Å²) in [5.41, 5.74) is 1.68. The number of nitrogens with zero attached hydrogens (tertiary/aromatic N) is 1. The molecule has 0 aromatic heterocycles. The molecule has 2 amide bonds. The van der Waals surface area contributed by atoms with Gasteiger partial charge in [-0.05, 0) is 67.6 Å². The van der Waals surface area contributed by atoms with Crippen molar-refractivity contribution in [3.05, 3.63) is 68.5 Å². The molecule has 1 aliphatic rings. The van der Waals surface area contributed by atoms with Gasteiger partial charge in [-0.15, -0.1) is 0 Å². The third-order valence-electron chi connectivity index (χ3n) is 4.19. The third kappa shape index (κ3) is 4.89. The monoisotopic (exact) mass is 475 g/mol. The number of hydrogen-bond acceptors (Lipinski definition) is 5. The summed E-state index contributed by atoms with van der Waals surface area (Å²) in [4.78, 5) is 37.2. The van der Waals surface area contributed by atoms with Gasteiger partial charge in [-0.1, -0.05) is 28.1 Å². The van der Waals surface area contributed by atoms with Gasteiger partial charge in [0.25, 0.3) is 11.1 Å². The van der Waals surface area contributed by atoms with Crippen LogP contribution < -0.4 is 4.74 Å². The van der Waals surface area contributed by atoms with Gasteiger partial charge in [0, 0.05) is 16.1 Å². The van der Waals surface area contributed by atoms with E-state index in [9.17, 15) is 14.4 Å². The van der Waals surface area contributed by atoms with Crippen molar-refractivity contribution in [2.24, 2.45) is 0 Å². The van der Waals surface area contributed by atoms with Crippen LogP contribution in [-0.4, -0.2) is 33.2 Å². The molecule has 0 saturated carbocycles. The van der Waals surface area contributed by atoms with E-state index < -0.39 is 5.97 Å². The molecule has 0 atom stereocenters. The molecule has 0 radical (unpaired) electrons. The number of aromatic carboxylic acids is 1. The largest absolute Gasteiger partial charge is 0.488 e. The Morgan fingerprint density at radius 1 is 1.21 bits per heavy atom. The molecule has 150 valence electrons. The van der Waals surface area contributed by atoms with E-state index in [4.69, 9.17) is 9.84 Å². The first-order valence-corrected chi connectivity index (χ1v) is 10.4. The number of carbonyl (C=O) groups excluding carboxylic acids is 2. The van der Waals surface area contributed by atoms with E-state index in [1.807, 2.05) is 12.1 Å². The van der Waals surface area contributed by atoms with Crippen molar-refractivity contribution < 1.29 is 24.2 Å². The minimum Gasteiger partial charge on any atom is -0.488 e.